The highest BCUT2D eigenvalue weighted by atomic mass is 16.5. The zero-order valence-electron chi connectivity index (χ0n) is 10.3. The van der Waals surface area contributed by atoms with Gasteiger partial charge in [-0.1, -0.05) is 0 Å². The molecule has 5 nitrogen and oxygen atoms in total. The van der Waals surface area contributed by atoms with Gasteiger partial charge in [-0.3, -0.25) is 4.98 Å². The van der Waals surface area contributed by atoms with Crippen molar-refractivity contribution in [2.24, 2.45) is 0 Å². The van der Waals surface area contributed by atoms with Crippen molar-refractivity contribution in [3.63, 3.8) is 0 Å². The van der Waals surface area contributed by atoms with E-state index in [-0.39, 0.29) is 5.56 Å². The lowest BCUT2D eigenvalue weighted by molar-refractivity contribution is 0.0697. The van der Waals surface area contributed by atoms with Gasteiger partial charge < -0.3 is 14.4 Å². The minimum absolute atomic E-state index is 0.273. The zero-order chi connectivity index (χ0) is 13.1. The Kier molecular flexibility index (Phi) is 3.32. The Morgan fingerprint density at radius 3 is 2.89 bits per heavy atom. The number of carbonyl (C=O) groups is 1. The molecule has 94 valence electrons. The lowest BCUT2D eigenvalue weighted by atomic mass is 10.3. The molecule has 18 heavy (non-hydrogen) atoms. The van der Waals surface area contributed by atoms with E-state index in [4.69, 9.17) is 9.84 Å². The molecule has 0 spiro atoms. The van der Waals surface area contributed by atoms with Gasteiger partial charge in [0, 0.05) is 30.2 Å². The fourth-order valence-corrected chi connectivity index (χ4v) is 1.75. The van der Waals surface area contributed by atoms with Crippen molar-refractivity contribution in [3.8, 4) is 5.75 Å². The van der Waals surface area contributed by atoms with Gasteiger partial charge in [-0.05, 0) is 13.0 Å². The van der Waals surface area contributed by atoms with Gasteiger partial charge in [0.25, 0.3) is 0 Å². The molecule has 0 saturated heterocycles. The first-order valence-corrected chi connectivity index (χ1v) is 5.49. The van der Waals surface area contributed by atoms with Gasteiger partial charge >= 0.3 is 5.97 Å². The first-order chi connectivity index (χ1) is 8.58. The average Bonchev–Trinajstić information content (AvgIpc) is 2.76. The van der Waals surface area contributed by atoms with Gasteiger partial charge in [-0.15, -0.1) is 0 Å². The minimum atomic E-state index is -0.927. The SMILES string of the molecule is COc1cc(C)nc(Cn2ccc(C(=O)O)c2)c1. The number of aryl methyl sites for hydroxylation is 1. The van der Waals surface area contributed by atoms with Crippen LogP contribution in [0.5, 0.6) is 5.75 Å². The molecular formula is C13H14N2O3. The van der Waals surface area contributed by atoms with Crippen molar-refractivity contribution in [1.29, 1.82) is 0 Å². The van der Waals surface area contributed by atoms with Crippen molar-refractivity contribution in [2.75, 3.05) is 7.11 Å². The van der Waals surface area contributed by atoms with E-state index in [9.17, 15) is 4.79 Å². The molecule has 0 radical (unpaired) electrons. The molecule has 0 saturated carbocycles. The third-order valence-electron chi connectivity index (χ3n) is 2.56. The van der Waals surface area contributed by atoms with Crippen LogP contribution in [0.2, 0.25) is 0 Å². The largest absolute Gasteiger partial charge is 0.497 e. The smallest absolute Gasteiger partial charge is 0.337 e. The maximum absolute atomic E-state index is 10.8. The Labute approximate surface area is 105 Å². The highest BCUT2D eigenvalue weighted by Crippen LogP contribution is 2.14. The number of hydrogen-bond donors (Lipinski definition) is 1. The first-order valence-electron chi connectivity index (χ1n) is 5.49. The van der Waals surface area contributed by atoms with Crippen LogP contribution in [0.3, 0.4) is 0 Å². The molecule has 0 aliphatic rings. The van der Waals surface area contributed by atoms with Gasteiger partial charge in [0.2, 0.25) is 0 Å². The third kappa shape index (κ3) is 2.68. The van der Waals surface area contributed by atoms with Gasteiger partial charge in [-0.2, -0.15) is 0 Å². The molecule has 0 aromatic carbocycles. The van der Waals surface area contributed by atoms with Gasteiger partial charge in [0.15, 0.2) is 0 Å². The Bertz CT molecular complexity index is 575. The first kappa shape index (κ1) is 12.2. The number of aromatic nitrogens is 2. The molecule has 0 aliphatic carbocycles. The predicted octanol–water partition coefficient (Wildman–Crippen LogP) is 1.95. The maximum atomic E-state index is 10.8. The van der Waals surface area contributed by atoms with E-state index in [1.165, 1.54) is 0 Å². The second-order valence-electron chi connectivity index (χ2n) is 4.02. The quantitative estimate of drug-likeness (QED) is 0.895. The Morgan fingerprint density at radius 1 is 1.50 bits per heavy atom. The third-order valence-corrected chi connectivity index (χ3v) is 2.56. The lowest BCUT2D eigenvalue weighted by Gasteiger charge is -2.06. The number of carboxylic acids is 1. The van der Waals surface area contributed by atoms with Gasteiger partial charge in [-0.25, -0.2) is 4.79 Å². The number of methoxy groups -OCH3 is 1. The van der Waals surface area contributed by atoms with Crippen LogP contribution in [0.1, 0.15) is 21.7 Å². The lowest BCUT2D eigenvalue weighted by Crippen LogP contribution is -2.02. The Morgan fingerprint density at radius 2 is 2.28 bits per heavy atom. The van der Waals surface area contributed by atoms with E-state index in [0.717, 1.165) is 17.1 Å². The molecule has 2 aromatic heterocycles. The Balaban J connectivity index is 2.22. The van der Waals surface area contributed by atoms with Crippen LogP contribution < -0.4 is 4.74 Å². The van der Waals surface area contributed by atoms with Crippen LogP contribution in [0.25, 0.3) is 0 Å². The predicted molar refractivity (Wildman–Crippen MR) is 66.0 cm³/mol. The second-order valence-corrected chi connectivity index (χ2v) is 4.02. The number of hydrogen-bond acceptors (Lipinski definition) is 3. The maximum Gasteiger partial charge on any atom is 0.337 e. The van der Waals surface area contributed by atoms with Crippen molar-refractivity contribution in [2.45, 2.75) is 13.5 Å². The van der Waals surface area contributed by atoms with Crippen molar-refractivity contribution in [3.05, 3.63) is 47.5 Å². The summed E-state index contributed by atoms with van der Waals surface area (Å²) in [5.74, 6) is -0.174. The van der Waals surface area contributed by atoms with E-state index >= 15 is 0 Å². The van der Waals surface area contributed by atoms with Crippen LogP contribution in [0, 0.1) is 6.92 Å². The molecular weight excluding hydrogens is 232 g/mol. The molecule has 0 atom stereocenters. The highest BCUT2D eigenvalue weighted by Gasteiger charge is 2.06. The summed E-state index contributed by atoms with van der Waals surface area (Å²) in [5, 5.41) is 8.84. The molecule has 1 N–H and O–H groups in total. The number of aromatic carboxylic acids is 1. The van der Waals surface area contributed by atoms with Crippen molar-refractivity contribution < 1.29 is 14.6 Å². The van der Waals surface area contributed by atoms with Gasteiger partial charge in [0.05, 0.1) is 24.9 Å². The number of ether oxygens (including phenoxy) is 1. The normalized spacial score (nSPS) is 10.3. The van der Waals surface area contributed by atoms with Gasteiger partial charge in [0.1, 0.15) is 5.75 Å². The summed E-state index contributed by atoms with van der Waals surface area (Å²) in [5.41, 5.74) is 1.98. The molecule has 5 heteroatoms. The van der Waals surface area contributed by atoms with Crippen LogP contribution in [-0.2, 0) is 6.54 Å². The van der Waals surface area contributed by atoms with E-state index in [0.29, 0.717) is 6.54 Å². The summed E-state index contributed by atoms with van der Waals surface area (Å²) in [6.07, 6.45) is 3.30. The van der Waals surface area contributed by atoms with Crippen molar-refractivity contribution in [1.82, 2.24) is 9.55 Å². The van der Waals surface area contributed by atoms with E-state index in [1.807, 2.05) is 19.1 Å². The molecule has 0 aliphatic heterocycles. The van der Waals surface area contributed by atoms with Crippen molar-refractivity contribution >= 4 is 5.97 Å². The molecule has 2 heterocycles. The molecule has 2 rings (SSSR count). The zero-order valence-corrected chi connectivity index (χ0v) is 10.3. The number of nitrogens with zero attached hydrogens (tertiary/aromatic N) is 2. The van der Waals surface area contributed by atoms with E-state index in [2.05, 4.69) is 4.98 Å². The molecule has 0 unspecified atom stereocenters. The average molecular weight is 246 g/mol. The standard InChI is InChI=1S/C13H14N2O3/c1-9-5-12(18-2)6-11(14-9)8-15-4-3-10(7-15)13(16)17/h3-7H,8H2,1-2H3,(H,16,17). The van der Waals surface area contributed by atoms with Crippen LogP contribution in [-0.4, -0.2) is 27.7 Å². The highest BCUT2D eigenvalue weighted by molar-refractivity contribution is 5.87. The fraction of sp³-hybridized carbons (Fsp3) is 0.231. The second kappa shape index (κ2) is 4.91. The number of carboxylic acid groups (broad SMARTS) is 1. The summed E-state index contributed by atoms with van der Waals surface area (Å²) in [4.78, 5) is 15.2. The van der Waals surface area contributed by atoms with Crippen LogP contribution in [0.4, 0.5) is 0 Å². The molecule has 0 amide bonds. The van der Waals surface area contributed by atoms with E-state index in [1.54, 1.807) is 30.1 Å². The Hall–Kier alpha value is -2.30. The molecule has 2 aromatic rings. The summed E-state index contributed by atoms with van der Waals surface area (Å²) >= 11 is 0. The van der Waals surface area contributed by atoms with Crippen LogP contribution >= 0.6 is 0 Å². The molecule has 0 fully saturated rings. The summed E-state index contributed by atoms with van der Waals surface area (Å²) < 4.78 is 6.96. The van der Waals surface area contributed by atoms with Crippen LogP contribution in [0.15, 0.2) is 30.6 Å². The van der Waals surface area contributed by atoms with E-state index < -0.39 is 5.97 Å². The number of rotatable bonds is 4. The number of pyridine rings is 1. The topological polar surface area (TPSA) is 64.4 Å². The summed E-state index contributed by atoms with van der Waals surface area (Å²) in [6.45, 7) is 2.41. The monoisotopic (exact) mass is 246 g/mol. The summed E-state index contributed by atoms with van der Waals surface area (Å²) in [6, 6.07) is 5.25. The summed E-state index contributed by atoms with van der Waals surface area (Å²) in [7, 11) is 1.61. The minimum Gasteiger partial charge on any atom is -0.497 e. The fourth-order valence-electron chi connectivity index (χ4n) is 1.75. The molecule has 0 bridgehead atoms.